The summed E-state index contributed by atoms with van der Waals surface area (Å²) < 4.78 is 13.4. The average molecular weight is 346 g/mol. The van der Waals surface area contributed by atoms with E-state index in [9.17, 15) is 4.79 Å². The van der Waals surface area contributed by atoms with Gasteiger partial charge in [-0.1, -0.05) is 45.6 Å². The van der Waals surface area contributed by atoms with E-state index in [0.29, 0.717) is 24.7 Å². The van der Waals surface area contributed by atoms with Crippen LogP contribution in [0.25, 0.3) is 10.9 Å². The molecule has 0 fully saturated rings. The molecule has 2 aromatic rings. The summed E-state index contributed by atoms with van der Waals surface area (Å²) in [6, 6.07) is 5.55. The molecule has 2 rings (SSSR count). The van der Waals surface area contributed by atoms with Crippen molar-refractivity contribution >= 4 is 16.6 Å². The van der Waals surface area contributed by atoms with Gasteiger partial charge in [-0.3, -0.25) is 4.79 Å². The highest BCUT2D eigenvalue weighted by molar-refractivity contribution is 5.97. The topological polar surface area (TPSA) is 66.5 Å². The summed E-state index contributed by atoms with van der Waals surface area (Å²) in [5.74, 6) is 0.764. The van der Waals surface area contributed by atoms with Crippen molar-refractivity contribution in [3.63, 3.8) is 0 Å². The molecule has 1 aromatic heterocycles. The number of nitrogens with two attached hydrogens (primary N) is 1. The van der Waals surface area contributed by atoms with Crippen LogP contribution in [-0.4, -0.2) is 17.8 Å². The van der Waals surface area contributed by atoms with E-state index >= 15 is 0 Å². The minimum absolute atomic E-state index is 0.183. The first-order chi connectivity index (χ1) is 12.1. The first-order valence-corrected chi connectivity index (χ1v) is 9.28. The van der Waals surface area contributed by atoms with Crippen molar-refractivity contribution in [2.45, 2.75) is 52.4 Å². The lowest BCUT2D eigenvalue weighted by molar-refractivity contribution is 0.259. The molecule has 0 aliphatic rings. The lowest BCUT2D eigenvalue weighted by Crippen LogP contribution is -2.22. The molecule has 0 atom stereocenters. The van der Waals surface area contributed by atoms with E-state index in [2.05, 4.69) is 13.8 Å². The number of aromatic nitrogens is 1. The van der Waals surface area contributed by atoms with Gasteiger partial charge in [-0.2, -0.15) is 0 Å². The number of aryl methyl sites for hydroxylation is 1. The molecule has 0 aliphatic carbocycles. The fourth-order valence-corrected chi connectivity index (χ4v) is 2.84. The number of unbranched alkanes of at least 4 members (excludes halogenated alkanes) is 4. The Morgan fingerprint density at radius 2 is 1.64 bits per heavy atom. The van der Waals surface area contributed by atoms with E-state index in [-0.39, 0.29) is 11.3 Å². The standard InChI is InChI=1S/C20H30N2O3/c1-4-6-8-9-14-24-18-17-15(21)11-10-12-16(17)22(3)20(23)19(18)25-13-7-5-2/h10-12H,4-9,13-14,21H2,1-3H3. The first kappa shape index (κ1) is 19.2. The zero-order valence-corrected chi connectivity index (χ0v) is 15.6. The molecule has 0 saturated heterocycles. The van der Waals surface area contributed by atoms with E-state index in [1.807, 2.05) is 18.2 Å². The van der Waals surface area contributed by atoms with E-state index in [4.69, 9.17) is 15.2 Å². The number of hydrogen-bond acceptors (Lipinski definition) is 4. The number of hydrogen-bond donors (Lipinski definition) is 1. The number of anilines is 1. The van der Waals surface area contributed by atoms with Crippen molar-refractivity contribution < 1.29 is 9.47 Å². The van der Waals surface area contributed by atoms with Crippen LogP contribution < -0.4 is 20.8 Å². The Kier molecular flexibility index (Phi) is 7.16. The lowest BCUT2D eigenvalue weighted by atomic mass is 10.1. The minimum atomic E-state index is -0.183. The highest BCUT2D eigenvalue weighted by atomic mass is 16.5. The van der Waals surface area contributed by atoms with Crippen LogP contribution in [0.1, 0.15) is 52.4 Å². The van der Waals surface area contributed by atoms with Crippen molar-refractivity contribution in [2.75, 3.05) is 18.9 Å². The van der Waals surface area contributed by atoms with Gasteiger partial charge in [0.25, 0.3) is 5.56 Å². The Labute approximate surface area is 149 Å². The molecule has 0 bridgehead atoms. The van der Waals surface area contributed by atoms with Crippen LogP contribution in [-0.2, 0) is 7.05 Å². The maximum atomic E-state index is 12.8. The summed E-state index contributed by atoms with van der Waals surface area (Å²) >= 11 is 0. The van der Waals surface area contributed by atoms with Crippen LogP contribution in [0, 0.1) is 0 Å². The minimum Gasteiger partial charge on any atom is -0.489 e. The van der Waals surface area contributed by atoms with Gasteiger partial charge in [0.15, 0.2) is 5.75 Å². The Morgan fingerprint density at radius 1 is 0.960 bits per heavy atom. The Bertz CT molecular complexity index is 753. The van der Waals surface area contributed by atoms with Crippen LogP contribution in [0.2, 0.25) is 0 Å². The smallest absolute Gasteiger partial charge is 0.297 e. The zero-order valence-electron chi connectivity index (χ0n) is 15.6. The highest BCUT2D eigenvalue weighted by Gasteiger charge is 2.19. The Morgan fingerprint density at radius 3 is 2.36 bits per heavy atom. The highest BCUT2D eigenvalue weighted by Crippen LogP contribution is 2.36. The second kappa shape index (κ2) is 9.35. The molecule has 0 amide bonds. The summed E-state index contributed by atoms with van der Waals surface area (Å²) in [4.78, 5) is 12.8. The third kappa shape index (κ3) is 4.47. The fraction of sp³-hybridized carbons (Fsp3) is 0.550. The normalized spacial score (nSPS) is 11.0. The first-order valence-electron chi connectivity index (χ1n) is 9.28. The van der Waals surface area contributed by atoms with E-state index in [0.717, 1.165) is 36.6 Å². The van der Waals surface area contributed by atoms with Crippen LogP contribution in [0.5, 0.6) is 11.5 Å². The molecule has 1 aromatic carbocycles. The van der Waals surface area contributed by atoms with E-state index in [1.54, 1.807) is 11.6 Å². The molecule has 5 nitrogen and oxygen atoms in total. The predicted octanol–water partition coefficient (Wildman–Crippen LogP) is 4.26. The van der Waals surface area contributed by atoms with Crippen LogP contribution in [0.3, 0.4) is 0 Å². The van der Waals surface area contributed by atoms with Gasteiger partial charge in [-0.25, -0.2) is 0 Å². The maximum Gasteiger partial charge on any atom is 0.297 e. The Balaban J connectivity index is 2.43. The summed E-state index contributed by atoms with van der Waals surface area (Å²) in [5.41, 5.74) is 7.37. The molecular weight excluding hydrogens is 316 g/mol. The van der Waals surface area contributed by atoms with E-state index < -0.39 is 0 Å². The second-order valence-corrected chi connectivity index (χ2v) is 6.37. The predicted molar refractivity (Wildman–Crippen MR) is 104 cm³/mol. The Hall–Kier alpha value is -2.17. The van der Waals surface area contributed by atoms with Gasteiger partial charge < -0.3 is 19.8 Å². The number of benzene rings is 1. The molecule has 5 heteroatoms. The molecule has 0 aliphatic heterocycles. The van der Waals surface area contributed by atoms with Gasteiger partial charge in [0.05, 0.1) is 24.1 Å². The van der Waals surface area contributed by atoms with Gasteiger partial charge in [0, 0.05) is 12.7 Å². The molecular formula is C20H30N2O3. The molecule has 0 radical (unpaired) electrons. The average Bonchev–Trinajstić information content (AvgIpc) is 2.61. The van der Waals surface area contributed by atoms with E-state index in [1.165, 1.54) is 12.8 Å². The SMILES string of the molecule is CCCCCCOc1c(OCCCC)c(=O)n(C)c2cccc(N)c12. The van der Waals surface area contributed by atoms with Crippen molar-refractivity contribution in [3.05, 3.63) is 28.6 Å². The molecule has 0 spiro atoms. The number of ether oxygens (including phenoxy) is 2. The zero-order chi connectivity index (χ0) is 18.2. The fourth-order valence-electron chi connectivity index (χ4n) is 2.84. The molecule has 138 valence electrons. The third-order valence-electron chi connectivity index (χ3n) is 4.36. The monoisotopic (exact) mass is 346 g/mol. The van der Waals surface area contributed by atoms with Gasteiger partial charge in [0.1, 0.15) is 0 Å². The van der Waals surface area contributed by atoms with Gasteiger partial charge in [-0.15, -0.1) is 0 Å². The quantitative estimate of drug-likeness (QED) is 0.516. The van der Waals surface area contributed by atoms with Crippen LogP contribution in [0.4, 0.5) is 5.69 Å². The molecule has 0 saturated carbocycles. The second-order valence-electron chi connectivity index (χ2n) is 6.37. The summed E-state index contributed by atoms with van der Waals surface area (Å²) in [7, 11) is 1.74. The maximum absolute atomic E-state index is 12.8. The summed E-state index contributed by atoms with van der Waals surface area (Å²) in [6.07, 6.45) is 6.31. The number of fused-ring (bicyclic) bond motifs is 1. The van der Waals surface area contributed by atoms with Crippen molar-refractivity contribution in [1.82, 2.24) is 4.57 Å². The number of nitrogen functional groups attached to an aromatic ring is 1. The summed E-state index contributed by atoms with van der Waals surface area (Å²) in [6.45, 7) is 5.32. The lowest BCUT2D eigenvalue weighted by Gasteiger charge is -2.18. The van der Waals surface area contributed by atoms with Gasteiger partial charge >= 0.3 is 0 Å². The van der Waals surface area contributed by atoms with Crippen molar-refractivity contribution in [2.24, 2.45) is 7.05 Å². The molecule has 25 heavy (non-hydrogen) atoms. The number of nitrogens with zero attached hydrogens (tertiary/aromatic N) is 1. The largest absolute Gasteiger partial charge is 0.489 e. The molecule has 1 heterocycles. The van der Waals surface area contributed by atoms with Crippen molar-refractivity contribution in [1.29, 1.82) is 0 Å². The van der Waals surface area contributed by atoms with Gasteiger partial charge in [0.2, 0.25) is 5.75 Å². The number of pyridine rings is 1. The molecule has 0 unspecified atom stereocenters. The van der Waals surface area contributed by atoms with Crippen LogP contribution in [0.15, 0.2) is 23.0 Å². The summed E-state index contributed by atoms with van der Waals surface area (Å²) in [5, 5.41) is 0.756. The number of rotatable bonds is 10. The molecule has 2 N–H and O–H groups in total. The van der Waals surface area contributed by atoms with Gasteiger partial charge in [-0.05, 0) is 25.0 Å². The third-order valence-corrected chi connectivity index (χ3v) is 4.36. The van der Waals surface area contributed by atoms with Crippen molar-refractivity contribution in [3.8, 4) is 11.5 Å². The van der Waals surface area contributed by atoms with Crippen LogP contribution >= 0.6 is 0 Å².